The maximum absolute atomic E-state index is 11.8. The Morgan fingerprint density at radius 2 is 2.39 bits per heavy atom. The smallest absolute Gasteiger partial charge is 0.242 e. The summed E-state index contributed by atoms with van der Waals surface area (Å²) in [4.78, 5) is 18.1. The number of hydrogen-bond donors (Lipinski definition) is 2. The maximum atomic E-state index is 11.8. The monoisotopic (exact) mass is 249 g/mol. The molecule has 1 unspecified atom stereocenters. The summed E-state index contributed by atoms with van der Waals surface area (Å²) in [6, 6.07) is 3.57. The van der Waals surface area contributed by atoms with Gasteiger partial charge in [0.15, 0.2) is 0 Å². The minimum absolute atomic E-state index is 0.0603. The van der Waals surface area contributed by atoms with Crippen molar-refractivity contribution in [3.05, 3.63) is 23.9 Å². The molecule has 0 aromatic carbocycles. The molecule has 1 fully saturated rings. The van der Waals surface area contributed by atoms with Gasteiger partial charge in [-0.2, -0.15) is 0 Å². The molecule has 1 amide bonds. The van der Waals surface area contributed by atoms with Crippen molar-refractivity contribution in [3.8, 4) is 0 Å². The Morgan fingerprint density at radius 1 is 1.61 bits per heavy atom. The minimum Gasteiger partial charge on any atom is -0.389 e. The lowest BCUT2D eigenvalue weighted by atomic mass is 10.1. The number of rotatable bonds is 3. The van der Waals surface area contributed by atoms with Crippen LogP contribution < -0.4 is 10.2 Å². The number of piperazine rings is 1. The molecule has 2 rings (SSSR count). The van der Waals surface area contributed by atoms with E-state index in [1.165, 1.54) is 0 Å². The second-order valence-corrected chi connectivity index (χ2v) is 4.53. The molecule has 1 aromatic rings. The van der Waals surface area contributed by atoms with Crippen molar-refractivity contribution in [2.75, 3.05) is 18.0 Å². The van der Waals surface area contributed by atoms with Gasteiger partial charge in [-0.15, -0.1) is 0 Å². The summed E-state index contributed by atoms with van der Waals surface area (Å²) in [6.07, 6.45) is 1.91. The number of amides is 1. The second kappa shape index (κ2) is 5.35. The van der Waals surface area contributed by atoms with E-state index in [4.69, 9.17) is 0 Å². The van der Waals surface area contributed by atoms with E-state index in [0.29, 0.717) is 6.54 Å². The molecule has 0 aliphatic carbocycles. The van der Waals surface area contributed by atoms with Gasteiger partial charge in [-0.1, -0.05) is 13.0 Å². The van der Waals surface area contributed by atoms with Gasteiger partial charge in [0.25, 0.3) is 0 Å². The van der Waals surface area contributed by atoms with Crippen LogP contribution in [0.25, 0.3) is 0 Å². The summed E-state index contributed by atoms with van der Waals surface area (Å²) in [6.45, 7) is 5.12. The molecule has 5 nitrogen and oxygen atoms in total. The average molecular weight is 249 g/mol. The molecule has 2 heterocycles. The Labute approximate surface area is 107 Å². The van der Waals surface area contributed by atoms with Crippen LogP contribution in [0.2, 0.25) is 0 Å². The zero-order valence-electron chi connectivity index (χ0n) is 10.8. The summed E-state index contributed by atoms with van der Waals surface area (Å²) in [5, 5.41) is 12.3. The molecule has 2 atom stereocenters. The highest BCUT2D eigenvalue weighted by Crippen LogP contribution is 2.20. The van der Waals surface area contributed by atoms with Gasteiger partial charge >= 0.3 is 0 Å². The van der Waals surface area contributed by atoms with E-state index in [9.17, 15) is 9.90 Å². The van der Waals surface area contributed by atoms with Crippen molar-refractivity contribution in [2.45, 2.75) is 32.4 Å². The Bertz CT molecular complexity index is 417. The van der Waals surface area contributed by atoms with Crippen molar-refractivity contribution in [1.82, 2.24) is 10.3 Å². The van der Waals surface area contributed by atoms with Crippen molar-refractivity contribution in [1.29, 1.82) is 0 Å². The molecule has 0 bridgehead atoms. The Morgan fingerprint density at radius 3 is 2.94 bits per heavy atom. The summed E-state index contributed by atoms with van der Waals surface area (Å²) in [5.74, 6) is 0.853. The van der Waals surface area contributed by atoms with E-state index in [1.54, 1.807) is 13.1 Å². The highest BCUT2D eigenvalue weighted by molar-refractivity contribution is 5.86. The Hall–Kier alpha value is -1.62. The predicted molar refractivity (Wildman–Crippen MR) is 69.3 cm³/mol. The van der Waals surface area contributed by atoms with Crippen molar-refractivity contribution in [2.24, 2.45) is 0 Å². The molecule has 0 radical (unpaired) electrons. The van der Waals surface area contributed by atoms with Crippen LogP contribution in [0, 0.1) is 0 Å². The third kappa shape index (κ3) is 2.46. The van der Waals surface area contributed by atoms with Gasteiger partial charge in [0.1, 0.15) is 11.9 Å². The summed E-state index contributed by atoms with van der Waals surface area (Å²) in [7, 11) is 0. The highest BCUT2D eigenvalue weighted by Gasteiger charge is 2.28. The topological polar surface area (TPSA) is 65.5 Å². The number of carbonyl (C=O) groups is 1. The second-order valence-electron chi connectivity index (χ2n) is 4.53. The van der Waals surface area contributed by atoms with Gasteiger partial charge in [0.05, 0.1) is 6.10 Å². The first-order chi connectivity index (χ1) is 8.63. The van der Waals surface area contributed by atoms with Crippen LogP contribution in [0.1, 0.15) is 31.9 Å². The van der Waals surface area contributed by atoms with Crippen molar-refractivity contribution < 1.29 is 9.90 Å². The first-order valence-corrected chi connectivity index (χ1v) is 6.32. The number of aliphatic hydroxyl groups excluding tert-OH is 1. The van der Waals surface area contributed by atoms with Crippen LogP contribution in [0.3, 0.4) is 0 Å². The molecular weight excluding hydrogens is 230 g/mol. The first-order valence-electron chi connectivity index (χ1n) is 6.32. The van der Waals surface area contributed by atoms with Crippen LogP contribution in [-0.2, 0) is 4.79 Å². The van der Waals surface area contributed by atoms with E-state index < -0.39 is 6.10 Å². The van der Waals surface area contributed by atoms with Crippen LogP contribution in [0.5, 0.6) is 0 Å². The summed E-state index contributed by atoms with van der Waals surface area (Å²) >= 11 is 0. The van der Waals surface area contributed by atoms with Gasteiger partial charge in [0.2, 0.25) is 5.91 Å². The number of hydrogen-bond acceptors (Lipinski definition) is 4. The molecule has 5 heteroatoms. The number of nitrogens with zero attached hydrogens (tertiary/aromatic N) is 2. The van der Waals surface area contributed by atoms with Gasteiger partial charge in [0, 0.05) is 19.3 Å². The standard InChI is InChI=1S/C13H19N3O2/c1-3-11-13(18)14-6-7-16(11)12-5-4-10(8-15-12)9(2)17/h4-5,8-9,11,17H,3,6-7H2,1-2H3,(H,14,18)/t9-,11?/m1/s1. The average Bonchev–Trinajstić information content (AvgIpc) is 2.38. The molecule has 2 N–H and O–H groups in total. The number of aromatic nitrogens is 1. The molecule has 1 aromatic heterocycles. The van der Waals surface area contributed by atoms with Crippen molar-refractivity contribution >= 4 is 11.7 Å². The van der Waals surface area contributed by atoms with Gasteiger partial charge in [-0.25, -0.2) is 4.98 Å². The SMILES string of the molecule is CCC1C(=O)NCCN1c1ccc([C@@H](C)O)cn1. The number of pyridine rings is 1. The van der Waals surface area contributed by atoms with Gasteiger partial charge in [-0.3, -0.25) is 4.79 Å². The van der Waals surface area contributed by atoms with E-state index in [1.807, 2.05) is 24.0 Å². The fraction of sp³-hybridized carbons (Fsp3) is 0.538. The molecule has 1 aliphatic heterocycles. The van der Waals surface area contributed by atoms with Crippen LogP contribution >= 0.6 is 0 Å². The Balaban J connectivity index is 2.21. The maximum Gasteiger partial charge on any atom is 0.242 e. The lowest BCUT2D eigenvalue weighted by molar-refractivity contribution is -0.123. The third-order valence-corrected chi connectivity index (χ3v) is 3.26. The van der Waals surface area contributed by atoms with Gasteiger partial charge < -0.3 is 15.3 Å². The molecule has 98 valence electrons. The van der Waals surface area contributed by atoms with E-state index >= 15 is 0 Å². The van der Waals surface area contributed by atoms with Crippen molar-refractivity contribution in [3.63, 3.8) is 0 Å². The predicted octanol–water partition coefficient (Wildman–Crippen LogP) is 0.850. The van der Waals surface area contributed by atoms with E-state index in [0.717, 1.165) is 24.3 Å². The third-order valence-electron chi connectivity index (χ3n) is 3.26. The van der Waals surface area contributed by atoms with E-state index in [-0.39, 0.29) is 11.9 Å². The lowest BCUT2D eigenvalue weighted by Crippen LogP contribution is -2.55. The zero-order valence-corrected chi connectivity index (χ0v) is 10.8. The molecule has 0 spiro atoms. The zero-order chi connectivity index (χ0) is 13.1. The summed E-state index contributed by atoms with van der Waals surface area (Å²) in [5.41, 5.74) is 0.785. The molecule has 1 aliphatic rings. The van der Waals surface area contributed by atoms with Crippen LogP contribution in [0.4, 0.5) is 5.82 Å². The highest BCUT2D eigenvalue weighted by atomic mass is 16.3. The number of aliphatic hydroxyl groups is 1. The molecule has 0 saturated carbocycles. The van der Waals surface area contributed by atoms with Gasteiger partial charge in [-0.05, 0) is 25.0 Å². The number of carbonyl (C=O) groups excluding carboxylic acids is 1. The first kappa shape index (κ1) is 12.8. The lowest BCUT2D eigenvalue weighted by Gasteiger charge is -2.35. The fourth-order valence-electron chi connectivity index (χ4n) is 2.21. The molecule has 18 heavy (non-hydrogen) atoms. The normalized spacial score (nSPS) is 21.6. The largest absolute Gasteiger partial charge is 0.389 e. The summed E-state index contributed by atoms with van der Waals surface area (Å²) < 4.78 is 0. The minimum atomic E-state index is -0.516. The molecule has 1 saturated heterocycles. The van der Waals surface area contributed by atoms with E-state index in [2.05, 4.69) is 10.3 Å². The fourth-order valence-corrected chi connectivity index (χ4v) is 2.21. The van der Waals surface area contributed by atoms with Crippen LogP contribution in [-0.4, -0.2) is 35.1 Å². The van der Waals surface area contributed by atoms with Crippen LogP contribution in [0.15, 0.2) is 18.3 Å². The molecular formula is C13H19N3O2. The Kier molecular flexibility index (Phi) is 3.81. The quantitative estimate of drug-likeness (QED) is 0.833. The number of nitrogens with one attached hydrogen (secondary N) is 1. The number of anilines is 1.